The van der Waals surface area contributed by atoms with Crippen molar-refractivity contribution >= 4 is 34.8 Å². The Kier molecular flexibility index (Phi) is 5.92. The van der Waals surface area contributed by atoms with E-state index in [1.165, 1.54) is 12.1 Å². The maximum atomic E-state index is 13.2. The number of hydrogen-bond donors (Lipinski definition) is 1. The van der Waals surface area contributed by atoms with Crippen LogP contribution in [0.3, 0.4) is 0 Å². The molecule has 0 spiro atoms. The summed E-state index contributed by atoms with van der Waals surface area (Å²) in [5.74, 6) is -1.30. The van der Waals surface area contributed by atoms with Crippen molar-refractivity contribution in [3.63, 3.8) is 0 Å². The molecule has 0 aliphatic carbocycles. The molecule has 0 atom stereocenters. The molecule has 2 aromatic rings. The first-order chi connectivity index (χ1) is 12.1. The lowest BCUT2D eigenvalue weighted by Gasteiger charge is -2.24. The first-order valence-electron chi connectivity index (χ1n) is 7.60. The van der Waals surface area contributed by atoms with E-state index in [-0.39, 0.29) is 5.69 Å². The summed E-state index contributed by atoms with van der Waals surface area (Å²) in [7, 11) is 0. The average Bonchev–Trinajstić information content (AvgIpc) is 2.54. The van der Waals surface area contributed by atoms with Gasteiger partial charge in [-0.25, -0.2) is 0 Å². The molecule has 8 heteroatoms. The summed E-state index contributed by atoms with van der Waals surface area (Å²) in [5, 5.41) is 3.07. The number of amides is 2. The lowest BCUT2D eigenvalue weighted by atomic mass is 10.1. The number of nitrogens with one attached hydrogen (secondary N) is 1. The molecule has 1 N–H and O–H groups in total. The van der Waals surface area contributed by atoms with E-state index in [0.29, 0.717) is 16.3 Å². The van der Waals surface area contributed by atoms with Crippen LogP contribution in [0.4, 0.5) is 24.5 Å². The van der Waals surface area contributed by atoms with Crippen molar-refractivity contribution in [3.8, 4) is 0 Å². The quantitative estimate of drug-likeness (QED) is 0.833. The third-order valence-corrected chi connectivity index (χ3v) is 3.88. The highest BCUT2D eigenvalue weighted by molar-refractivity contribution is 6.30. The maximum Gasteiger partial charge on any atom is 0.418 e. The van der Waals surface area contributed by atoms with Gasteiger partial charge in [0, 0.05) is 17.6 Å². The second-order valence-electron chi connectivity index (χ2n) is 5.63. The maximum absolute atomic E-state index is 13.2. The normalized spacial score (nSPS) is 11.2. The van der Waals surface area contributed by atoms with Crippen LogP contribution in [-0.4, -0.2) is 18.4 Å². The first kappa shape index (κ1) is 19.8. The number of halogens is 4. The van der Waals surface area contributed by atoms with E-state index in [0.717, 1.165) is 24.0 Å². The van der Waals surface area contributed by atoms with Crippen molar-refractivity contribution in [1.29, 1.82) is 0 Å². The van der Waals surface area contributed by atoms with E-state index >= 15 is 0 Å². The van der Waals surface area contributed by atoms with Crippen LogP contribution in [-0.2, 0) is 15.8 Å². The van der Waals surface area contributed by atoms with Crippen LogP contribution >= 0.6 is 11.6 Å². The molecule has 2 amide bonds. The summed E-state index contributed by atoms with van der Waals surface area (Å²) < 4.78 is 39.6. The zero-order valence-corrected chi connectivity index (χ0v) is 14.8. The van der Waals surface area contributed by atoms with E-state index in [4.69, 9.17) is 11.6 Å². The highest BCUT2D eigenvalue weighted by Crippen LogP contribution is 2.36. The standard InChI is InChI=1S/C18H16ClF3N2O2/c1-11-9-13(19)7-8-15(11)23-17(26)10-24(12(2)25)16-6-4-3-5-14(16)18(20,21)22/h3-9H,10H2,1-2H3,(H,23,26). The first-order valence-corrected chi connectivity index (χ1v) is 7.97. The Balaban J connectivity index is 2.27. The van der Waals surface area contributed by atoms with E-state index in [1.807, 2.05) is 0 Å². The van der Waals surface area contributed by atoms with Gasteiger partial charge in [0.25, 0.3) is 0 Å². The molecule has 0 fully saturated rings. The summed E-state index contributed by atoms with van der Waals surface area (Å²) in [4.78, 5) is 25.0. The van der Waals surface area contributed by atoms with Crippen LogP contribution in [0.5, 0.6) is 0 Å². The molecule has 0 saturated heterocycles. The van der Waals surface area contributed by atoms with Gasteiger partial charge in [-0.3, -0.25) is 9.59 Å². The fourth-order valence-corrected chi connectivity index (χ4v) is 2.64. The lowest BCUT2D eigenvalue weighted by Crippen LogP contribution is -2.38. The molecular weight excluding hydrogens is 369 g/mol. The number of alkyl halides is 3. The van der Waals surface area contributed by atoms with Gasteiger partial charge in [-0.2, -0.15) is 13.2 Å². The van der Waals surface area contributed by atoms with Gasteiger partial charge in [-0.15, -0.1) is 0 Å². The Morgan fingerprint density at radius 1 is 1.15 bits per heavy atom. The molecule has 26 heavy (non-hydrogen) atoms. The van der Waals surface area contributed by atoms with Crippen LogP contribution in [0.1, 0.15) is 18.1 Å². The van der Waals surface area contributed by atoms with Crippen LogP contribution in [0, 0.1) is 6.92 Å². The number of carbonyl (C=O) groups excluding carboxylic acids is 2. The minimum Gasteiger partial charge on any atom is -0.324 e. The van der Waals surface area contributed by atoms with Crippen molar-refractivity contribution in [3.05, 3.63) is 58.6 Å². The second kappa shape index (κ2) is 7.78. The van der Waals surface area contributed by atoms with Gasteiger partial charge in [0.05, 0.1) is 11.3 Å². The Labute approximate surface area is 153 Å². The molecule has 4 nitrogen and oxygen atoms in total. The van der Waals surface area contributed by atoms with Gasteiger partial charge in [-0.1, -0.05) is 23.7 Å². The summed E-state index contributed by atoms with van der Waals surface area (Å²) >= 11 is 5.85. The van der Waals surface area contributed by atoms with Crippen LogP contribution < -0.4 is 10.2 Å². The van der Waals surface area contributed by atoms with Crippen LogP contribution in [0.2, 0.25) is 5.02 Å². The number of hydrogen-bond acceptors (Lipinski definition) is 2. The predicted molar refractivity (Wildman–Crippen MR) is 94.3 cm³/mol. The fraction of sp³-hybridized carbons (Fsp3) is 0.222. The van der Waals surface area contributed by atoms with Crippen molar-refractivity contribution in [2.45, 2.75) is 20.0 Å². The minimum atomic E-state index is -4.65. The fourth-order valence-electron chi connectivity index (χ4n) is 2.42. The lowest BCUT2D eigenvalue weighted by molar-refractivity contribution is -0.137. The van der Waals surface area contributed by atoms with Crippen LogP contribution in [0.25, 0.3) is 0 Å². The summed E-state index contributed by atoms with van der Waals surface area (Å²) in [6.45, 7) is 2.28. The zero-order chi connectivity index (χ0) is 19.5. The van der Waals surface area contributed by atoms with Gasteiger partial charge >= 0.3 is 6.18 Å². The average molecular weight is 385 g/mol. The SMILES string of the molecule is CC(=O)N(CC(=O)Nc1ccc(Cl)cc1C)c1ccccc1C(F)(F)F. The van der Waals surface area contributed by atoms with Gasteiger partial charge < -0.3 is 10.2 Å². The summed E-state index contributed by atoms with van der Waals surface area (Å²) in [5.41, 5.74) is -0.191. The molecule has 0 aromatic heterocycles. The third kappa shape index (κ3) is 4.76. The van der Waals surface area contributed by atoms with E-state index in [2.05, 4.69) is 5.32 Å². The monoisotopic (exact) mass is 384 g/mol. The molecule has 0 unspecified atom stereocenters. The highest BCUT2D eigenvalue weighted by Gasteiger charge is 2.35. The topological polar surface area (TPSA) is 49.4 Å². The molecule has 0 radical (unpaired) electrons. The predicted octanol–water partition coefficient (Wildman–Crippen LogP) is 4.66. The van der Waals surface area contributed by atoms with Crippen molar-refractivity contribution in [1.82, 2.24) is 0 Å². The zero-order valence-electron chi connectivity index (χ0n) is 14.0. The molecule has 0 saturated carbocycles. The molecule has 0 aliphatic heterocycles. The molecule has 138 valence electrons. The third-order valence-electron chi connectivity index (χ3n) is 3.64. The Bertz CT molecular complexity index is 837. The smallest absolute Gasteiger partial charge is 0.324 e. The second-order valence-corrected chi connectivity index (χ2v) is 6.06. The van der Waals surface area contributed by atoms with Gasteiger partial charge in [0.1, 0.15) is 6.54 Å². The Morgan fingerprint density at radius 3 is 2.38 bits per heavy atom. The molecule has 0 bridgehead atoms. The highest BCUT2D eigenvalue weighted by atomic mass is 35.5. The summed E-state index contributed by atoms with van der Waals surface area (Å²) in [6.07, 6.45) is -4.65. The van der Waals surface area contributed by atoms with Crippen molar-refractivity contribution in [2.24, 2.45) is 0 Å². The number of aryl methyl sites for hydroxylation is 1. The Hall–Kier alpha value is -2.54. The molecule has 0 aliphatic rings. The Morgan fingerprint density at radius 2 is 1.81 bits per heavy atom. The molecular formula is C18H16ClF3N2O2. The van der Waals surface area contributed by atoms with E-state index in [9.17, 15) is 22.8 Å². The van der Waals surface area contributed by atoms with Gasteiger partial charge in [0.15, 0.2) is 0 Å². The number of para-hydroxylation sites is 1. The van der Waals surface area contributed by atoms with Gasteiger partial charge in [-0.05, 0) is 42.8 Å². The molecule has 2 rings (SSSR count). The van der Waals surface area contributed by atoms with Crippen molar-refractivity contribution in [2.75, 3.05) is 16.8 Å². The van der Waals surface area contributed by atoms with Crippen molar-refractivity contribution < 1.29 is 22.8 Å². The number of benzene rings is 2. The van der Waals surface area contributed by atoms with E-state index < -0.39 is 30.1 Å². The number of carbonyl (C=O) groups is 2. The molecule has 0 heterocycles. The minimum absolute atomic E-state index is 0.365. The molecule has 2 aromatic carbocycles. The largest absolute Gasteiger partial charge is 0.418 e. The number of rotatable bonds is 4. The summed E-state index contributed by atoms with van der Waals surface area (Å²) in [6, 6.07) is 9.42. The van der Waals surface area contributed by atoms with Crippen LogP contribution in [0.15, 0.2) is 42.5 Å². The van der Waals surface area contributed by atoms with E-state index in [1.54, 1.807) is 25.1 Å². The number of anilines is 2. The van der Waals surface area contributed by atoms with Gasteiger partial charge in [0.2, 0.25) is 11.8 Å². The number of nitrogens with zero attached hydrogens (tertiary/aromatic N) is 1.